The first kappa shape index (κ1) is 13.6. The van der Waals surface area contributed by atoms with Crippen LogP contribution in [0.4, 0.5) is 0 Å². The van der Waals surface area contributed by atoms with E-state index in [1.807, 2.05) is 0 Å². The monoisotopic (exact) mass is 322 g/mol. The summed E-state index contributed by atoms with van der Waals surface area (Å²) in [5, 5.41) is 3.77. The molecule has 0 aromatic heterocycles. The minimum Gasteiger partial charge on any atom is -0.308 e. The van der Waals surface area contributed by atoms with Crippen molar-refractivity contribution in [2.75, 3.05) is 13.6 Å². The molecule has 2 nitrogen and oxygen atoms in total. The fourth-order valence-corrected chi connectivity index (χ4v) is 3.70. The van der Waals surface area contributed by atoms with Gasteiger partial charge in [-0.2, -0.15) is 0 Å². The van der Waals surface area contributed by atoms with Gasteiger partial charge in [-0.1, -0.05) is 28.1 Å². The van der Waals surface area contributed by atoms with Crippen LogP contribution in [0.15, 0.2) is 22.7 Å². The maximum Gasteiger partial charge on any atom is 0.0327 e. The van der Waals surface area contributed by atoms with Gasteiger partial charge >= 0.3 is 0 Å². The van der Waals surface area contributed by atoms with Crippen molar-refractivity contribution < 1.29 is 0 Å². The molecule has 1 saturated carbocycles. The van der Waals surface area contributed by atoms with E-state index in [1.54, 1.807) is 0 Å². The van der Waals surface area contributed by atoms with Gasteiger partial charge in [-0.25, -0.2) is 0 Å². The second-order valence-corrected chi connectivity index (χ2v) is 6.91. The Hall–Kier alpha value is -0.380. The minimum atomic E-state index is 0.544. The molecular formula is C16H23BrN2. The van der Waals surface area contributed by atoms with E-state index in [4.69, 9.17) is 0 Å². The predicted octanol–water partition coefficient (Wildman–Crippen LogP) is 3.51. The van der Waals surface area contributed by atoms with Crippen LogP contribution in [0.5, 0.6) is 0 Å². The van der Waals surface area contributed by atoms with Crippen molar-refractivity contribution in [1.29, 1.82) is 0 Å². The van der Waals surface area contributed by atoms with Crippen LogP contribution >= 0.6 is 15.9 Å². The molecule has 1 N–H and O–H groups in total. The molecule has 2 atom stereocenters. The summed E-state index contributed by atoms with van der Waals surface area (Å²) in [4.78, 5) is 2.53. The molecule has 0 spiro atoms. The van der Waals surface area contributed by atoms with Crippen molar-refractivity contribution >= 4 is 15.9 Å². The van der Waals surface area contributed by atoms with Crippen LogP contribution in [0.25, 0.3) is 0 Å². The largest absolute Gasteiger partial charge is 0.308 e. The normalized spacial score (nSPS) is 23.7. The van der Waals surface area contributed by atoms with Gasteiger partial charge in [-0.05, 0) is 56.8 Å². The third-order valence-electron chi connectivity index (χ3n) is 4.69. The third kappa shape index (κ3) is 2.88. The van der Waals surface area contributed by atoms with Gasteiger partial charge in [0.2, 0.25) is 0 Å². The number of benzene rings is 1. The van der Waals surface area contributed by atoms with E-state index in [1.165, 1.54) is 41.3 Å². The topological polar surface area (TPSA) is 15.3 Å². The predicted molar refractivity (Wildman–Crippen MR) is 83.5 cm³/mol. The molecule has 3 heteroatoms. The number of hydrogen-bond acceptors (Lipinski definition) is 2. The Balaban J connectivity index is 1.59. The lowest BCUT2D eigenvalue weighted by molar-refractivity contribution is 0.235. The van der Waals surface area contributed by atoms with E-state index in [2.05, 4.69) is 58.3 Å². The number of halogens is 1. The molecule has 0 radical (unpaired) electrons. The van der Waals surface area contributed by atoms with Gasteiger partial charge in [-0.15, -0.1) is 0 Å². The zero-order chi connectivity index (χ0) is 13.4. The van der Waals surface area contributed by atoms with Crippen LogP contribution in [0.1, 0.15) is 43.4 Å². The second-order valence-electron chi connectivity index (χ2n) is 6.05. The van der Waals surface area contributed by atoms with Crippen molar-refractivity contribution in [2.45, 2.75) is 50.7 Å². The molecule has 0 saturated heterocycles. The van der Waals surface area contributed by atoms with E-state index in [0.29, 0.717) is 12.1 Å². The maximum absolute atomic E-state index is 3.77. The minimum absolute atomic E-state index is 0.544. The van der Waals surface area contributed by atoms with Gasteiger partial charge in [0, 0.05) is 29.1 Å². The van der Waals surface area contributed by atoms with Crippen molar-refractivity contribution in [2.24, 2.45) is 0 Å². The summed E-state index contributed by atoms with van der Waals surface area (Å²) >= 11 is 3.67. The molecule has 1 fully saturated rings. The number of nitrogens with one attached hydrogen (secondary N) is 1. The highest BCUT2D eigenvalue weighted by Crippen LogP contribution is 2.35. The number of rotatable bonds is 5. The van der Waals surface area contributed by atoms with E-state index in [9.17, 15) is 0 Å². The third-order valence-corrected chi connectivity index (χ3v) is 5.43. The van der Waals surface area contributed by atoms with Gasteiger partial charge in [0.05, 0.1) is 0 Å². The van der Waals surface area contributed by atoms with Gasteiger partial charge < -0.3 is 5.32 Å². The van der Waals surface area contributed by atoms with Crippen molar-refractivity contribution in [3.05, 3.63) is 33.8 Å². The van der Waals surface area contributed by atoms with Crippen LogP contribution < -0.4 is 5.32 Å². The summed E-state index contributed by atoms with van der Waals surface area (Å²) in [6.07, 6.45) is 5.21. The quantitative estimate of drug-likeness (QED) is 0.892. The summed E-state index contributed by atoms with van der Waals surface area (Å²) in [7, 11) is 2.27. The van der Waals surface area contributed by atoms with E-state index < -0.39 is 0 Å². The van der Waals surface area contributed by atoms with Crippen molar-refractivity contribution in [3.8, 4) is 0 Å². The zero-order valence-corrected chi connectivity index (χ0v) is 13.4. The molecule has 0 bridgehead atoms. The van der Waals surface area contributed by atoms with Crippen molar-refractivity contribution in [1.82, 2.24) is 10.2 Å². The Kier molecular flexibility index (Phi) is 3.97. The zero-order valence-electron chi connectivity index (χ0n) is 11.8. The highest BCUT2D eigenvalue weighted by atomic mass is 79.9. The van der Waals surface area contributed by atoms with Gasteiger partial charge in [-0.3, -0.25) is 4.90 Å². The van der Waals surface area contributed by atoms with Crippen LogP contribution in [-0.4, -0.2) is 30.6 Å². The summed E-state index contributed by atoms with van der Waals surface area (Å²) in [5.74, 6) is 0. The van der Waals surface area contributed by atoms with Crippen molar-refractivity contribution in [3.63, 3.8) is 0 Å². The first-order chi connectivity index (χ1) is 9.16. The molecule has 0 heterocycles. The molecule has 1 aromatic carbocycles. The SMILES string of the molecule is CC(CNC1CCc2c(Br)cccc21)N(C)C1CC1. The Morgan fingerprint density at radius 3 is 2.89 bits per heavy atom. The van der Waals surface area contributed by atoms with Gasteiger partial charge in [0.1, 0.15) is 0 Å². The van der Waals surface area contributed by atoms with Crippen LogP contribution in [0.3, 0.4) is 0 Å². The molecule has 0 aliphatic heterocycles. The molecular weight excluding hydrogens is 300 g/mol. The lowest BCUT2D eigenvalue weighted by atomic mass is 10.1. The molecule has 1 aromatic rings. The highest BCUT2D eigenvalue weighted by molar-refractivity contribution is 9.10. The second kappa shape index (κ2) is 5.55. The fourth-order valence-electron chi connectivity index (χ4n) is 3.12. The lowest BCUT2D eigenvalue weighted by Crippen LogP contribution is -2.40. The first-order valence-corrected chi connectivity index (χ1v) is 8.18. The van der Waals surface area contributed by atoms with Crippen LogP contribution in [0.2, 0.25) is 0 Å². The van der Waals surface area contributed by atoms with E-state index >= 15 is 0 Å². The summed E-state index contributed by atoms with van der Waals surface area (Å²) in [5.41, 5.74) is 3.00. The molecule has 3 rings (SSSR count). The van der Waals surface area contributed by atoms with E-state index in [0.717, 1.165) is 12.6 Å². The molecule has 19 heavy (non-hydrogen) atoms. The van der Waals surface area contributed by atoms with Gasteiger partial charge in [0.15, 0.2) is 0 Å². The van der Waals surface area contributed by atoms with Gasteiger partial charge in [0.25, 0.3) is 0 Å². The van der Waals surface area contributed by atoms with E-state index in [-0.39, 0.29) is 0 Å². The fraction of sp³-hybridized carbons (Fsp3) is 0.625. The standard InChI is InChI=1S/C16H23BrN2/c1-11(19(2)12-6-7-12)10-18-16-9-8-13-14(16)4-3-5-15(13)17/h3-5,11-12,16,18H,6-10H2,1-2H3. The number of hydrogen-bond donors (Lipinski definition) is 1. The Labute approximate surface area is 124 Å². The Bertz CT molecular complexity index is 456. The maximum atomic E-state index is 3.77. The summed E-state index contributed by atoms with van der Waals surface area (Å²) in [6.45, 7) is 3.42. The molecule has 0 amide bonds. The molecule has 104 valence electrons. The average molecular weight is 323 g/mol. The number of likely N-dealkylation sites (N-methyl/N-ethyl adjacent to an activating group) is 1. The number of fused-ring (bicyclic) bond motifs is 1. The Morgan fingerprint density at radius 2 is 2.16 bits per heavy atom. The first-order valence-electron chi connectivity index (χ1n) is 7.39. The summed E-state index contributed by atoms with van der Waals surface area (Å²) < 4.78 is 1.28. The smallest absolute Gasteiger partial charge is 0.0327 e. The lowest BCUT2D eigenvalue weighted by Gasteiger charge is -2.26. The molecule has 2 aliphatic rings. The van der Waals surface area contributed by atoms with Crippen LogP contribution in [-0.2, 0) is 6.42 Å². The number of nitrogens with zero attached hydrogens (tertiary/aromatic N) is 1. The average Bonchev–Trinajstić information content (AvgIpc) is 3.17. The molecule has 2 unspecified atom stereocenters. The molecule has 2 aliphatic carbocycles. The summed E-state index contributed by atoms with van der Waals surface area (Å²) in [6, 6.07) is 8.61. The Morgan fingerprint density at radius 1 is 1.37 bits per heavy atom. The van der Waals surface area contributed by atoms with Crippen LogP contribution in [0, 0.1) is 0 Å². The highest BCUT2D eigenvalue weighted by Gasteiger charge is 2.30.